The highest BCUT2D eigenvalue weighted by atomic mass is 32.2. The van der Waals surface area contributed by atoms with E-state index in [1.165, 1.54) is 0 Å². The van der Waals surface area contributed by atoms with Crippen molar-refractivity contribution in [1.29, 1.82) is 0 Å². The first kappa shape index (κ1) is 16.3. The molecule has 0 saturated heterocycles. The summed E-state index contributed by atoms with van der Waals surface area (Å²) < 4.78 is 0. The summed E-state index contributed by atoms with van der Waals surface area (Å²) in [6.07, 6.45) is 1.83. The van der Waals surface area contributed by atoms with Crippen LogP contribution < -0.4 is 10.6 Å². The molecule has 124 valence electrons. The molecule has 3 rings (SSSR count). The molecule has 1 atom stereocenters. The van der Waals surface area contributed by atoms with Gasteiger partial charge >= 0.3 is 0 Å². The number of aromatic nitrogens is 5. The van der Waals surface area contributed by atoms with Crippen molar-refractivity contribution in [2.45, 2.75) is 17.3 Å². The lowest BCUT2D eigenvalue weighted by atomic mass is 10.2. The Kier molecular flexibility index (Phi) is 4.66. The number of aromatic amines is 1. The molecule has 0 aliphatic heterocycles. The van der Waals surface area contributed by atoms with Crippen LogP contribution in [-0.4, -0.2) is 39.0 Å². The maximum Gasteiger partial charge on any atom is 0.229 e. The summed E-state index contributed by atoms with van der Waals surface area (Å²) in [7, 11) is 3.74. The first-order chi connectivity index (χ1) is 11.5. The zero-order chi connectivity index (χ0) is 17.1. The largest absolute Gasteiger partial charge is 0.368 e. The van der Waals surface area contributed by atoms with Crippen LogP contribution in [0.4, 0.5) is 11.9 Å². The number of hydrogen-bond donors (Lipinski definition) is 2. The molecular weight excluding hydrogens is 322 g/mol. The Morgan fingerprint density at radius 2 is 1.88 bits per heavy atom. The second-order valence-corrected chi connectivity index (χ2v) is 6.80. The Bertz CT molecular complexity index is 816. The predicted molar refractivity (Wildman–Crippen MR) is 96.9 cm³/mol. The van der Waals surface area contributed by atoms with E-state index in [0.29, 0.717) is 11.8 Å². The van der Waals surface area contributed by atoms with Crippen LogP contribution in [0.3, 0.4) is 0 Å². The van der Waals surface area contributed by atoms with E-state index in [1.54, 1.807) is 16.7 Å². The molecule has 2 heterocycles. The first-order valence-electron chi connectivity index (χ1n) is 7.49. The summed E-state index contributed by atoms with van der Waals surface area (Å²) in [5.74, 6) is 1.41. The number of hydrogen-bond acceptors (Lipinski definition) is 7. The van der Waals surface area contributed by atoms with Crippen molar-refractivity contribution in [3.8, 4) is 11.3 Å². The number of rotatable bonds is 5. The van der Waals surface area contributed by atoms with Gasteiger partial charge in [0.2, 0.25) is 11.9 Å². The maximum atomic E-state index is 5.79. The van der Waals surface area contributed by atoms with E-state index >= 15 is 0 Å². The van der Waals surface area contributed by atoms with E-state index in [2.05, 4.69) is 24.9 Å². The van der Waals surface area contributed by atoms with Gasteiger partial charge in [0.1, 0.15) is 5.82 Å². The summed E-state index contributed by atoms with van der Waals surface area (Å²) in [5.41, 5.74) is 7.87. The smallest absolute Gasteiger partial charge is 0.229 e. The number of nitrogens with two attached hydrogens (primary N) is 1. The third-order valence-corrected chi connectivity index (χ3v) is 4.34. The quantitative estimate of drug-likeness (QED) is 0.689. The van der Waals surface area contributed by atoms with Gasteiger partial charge in [-0.15, -0.1) is 0 Å². The molecule has 2 aromatic heterocycles. The third-order valence-electron chi connectivity index (χ3n) is 3.35. The van der Waals surface area contributed by atoms with E-state index in [9.17, 15) is 0 Å². The van der Waals surface area contributed by atoms with Gasteiger partial charge in [-0.1, -0.05) is 42.1 Å². The van der Waals surface area contributed by atoms with Gasteiger partial charge in [-0.25, -0.2) is 4.98 Å². The SMILES string of the molecule is CC(Sc1ncc(-c2ccccc2)[nH]1)c1nc(N)nc(N(C)C)n1. The number of nitrogens with zero attached hydrogens (tertiary/aromatic N) is 5. The highest BCUT2D eigenvalue weighted by molar-refractivity contribution is 7.99. The molecule has 0 saturated carbocycles. The van der Waals surface area contributed by atoms with Crippen molar-refractivity contribution < 1.29 is 0 Å². The molecule has 1 aromatic carbocycles. The minimum Gasteiger partial charge on any atom is -0.368 e. The zero-order valence-electron chi connectivity index (χ0n) is 13.8. The number of benzene rings is 1. The van der Waals surface area contributed by atoms with Crippen molar-refractivity contribution in [2.75, 3.05) is 24.7 Å². The monoisotopic (exact) mass is 341 g/mol. The molecule has 0 amide bonds. The molecule has 8 heteroatoms. The lowest BCUT2D eigenvalue weighted by Gasteiger charge is -2.14. The molecule has 0 aliphatic rings. The van der Waals surface area contributed by atoms with Crippen molar-refractivity contribution in [3.05, 3.63) is 42.4 Å². The van der Waals surface area contributed by atoms with Crippen molar-refractivity contribution in [1.82, 2.24) is 24.9 Å². The maximum absolute atomic E-state index is 5.79. The van der Waals surface area contributed by atoms with Gasteiger partial charge < -0.3 is 15.6 Å². The topological polar surface area (TPSA) is 96.6 Å². The molecule has 3 aromatic rings. The minimum absolute atomic E-state index is 0.0104. The van der Waals surface area contributed by atoms with E-state index in [-0.39, 0.29) is 11.2 Å². The number of anilines is 2. The van der Waals surface area contributed by atoms with Gasteiger partial charge in [-0.3, -0.25) is 0 Å². The molecule has 1 unspecified atom stereocenters. The molecule has 0 fully saturated rings. The Labute approximate surface area is 144 Å². The lowest BCUT2D eigenvalue weighted by molar-refractivity contribution is 0.861. The standard InChI is InChI=1S/C16H19N7S/c1-10(13-20-14(17)22-15(21-13)23(2)3)24-16-18-9-12(19-16)11-7-5-4-6-8-11/h4-10H,1-3H3,(H,18,19)(H2,17,20,21,22). The van der Waals surface area contributed by atoms with Crippen LogP contribution in [0.2, 0.25) is 0 Å². The number of thioether (sulfide) groups is 1. The van der Waals surface area contributed by atoms with E-state index in [1.807, 2.05) is 57.5 Å². The molecule has 0 bridgehead atoms. The second kappa shape index (κ2) is 6.88. The van der Waals surface area contributed by atoms with Crippen LogP contribution in [0.5, 0.6) is 0 Å². The second-order valence-electron chi connectivity index (χ2n) is 5.47. The lowest BCUT2D eigenvalue weighted by Crippen LogP contribution is -2.16. The Balaban J connectivity index is 1.78. The number of nitrogen functional groups attached to an aromatic ring is 1. The van der Waals surface area contributed by atoms with E-state index < -0.39 is 0 Å². The van der Waals surface area contributed by atoms with Gasteiger partial charge in [0.05, 0.1) is 17.1 Å². The number of nitrogens with one attached hydrogen (secondary N) is 1. The Morgan fingerprint density at radius 3 is 2.58 bits per heavy atom. The average Bonchev–Trinajstić information content (AvgIpc) is 3.03. The fourth-order valence-electron chi connectivity index (χ4n) is 2.13. The van der Waals surface area contributed by atoms with Gasteiger partial charge in [0.25, 0.3) is 0 Å². The van der Waals surface area contributed by atoms with E-state index in [4.69, 9.17) is 5.73 Å². The predicted octanol–water partition coefficient (Wildman–Crippen LogP) is 2.76. The molecule has 0 spiro atoms. The summed E-state index contributed by atoms with van der Waals surface area (Å²) in [6.45, 7) is 2.02. The van der Waals surface area contributed by atoms with Crippen LogP contribution in [0, 0.1) is 0 Å². The molecule has 0 aliphatic carbocycles. The summed E-state index contributed by atoms with van der Waals surface area (Å²) in [5, 5.41) is 0.801. The minimum atomic E-state index is -0.0104. The highest BCUT2D eigenvalue weighted by Gasteiger charge is 2.16. The van der Waals surface area contributed by atoms with Crippen LogP contribution in [0.25, 0.3) is 11.3 Å². The van der Waals surface area contributed by atoms with Crippen molar-refractivity contribution in [3.63, 3.8) is 0 Å². The zero-order valence-corrected chi connectivity index (χ0v) is 14.6. The van der Waals surface area contributed by atoms with Gasteiger partial charge in [-0.2, -0.15) is 15.0 Å². The number of H-pyrrole nitrogens is 1. The summed E-state index contributed by atoms with van der Waals surface area (Å²) in [4.78, 5) is 22.4. The number of imidazole rings is 1. The van der Waals surface area contributed by atoms with Crippen LogP contribution in [0.1, 0.15) is 18.0 Å². The van der Waals surface area contributed by atoms with Gasteiger partial charge in [0.15, 0.2) is 5.16 Å². The molecule has 3 N–H and O–H groups in total. The van der Waals surface area contributed by atoms with Crippen molar-refractivity contribution in [2.24, 2.45) is 0 Å². The third kappa shape index (κ3) is 3.65. The van der Waals surface area contributed by atoms with Crippen LogP contribution in [0.15, 0.2) is 41.7 Å². The van der Waals surface area contributed by atoms with Crippen LogP contribution >= 0.6 is 11.8 Å². The first-order valence-corrected chi connectivity index (χ1v) is 8.37. The van der Waals surface area contributed by atoms with Gasteiger partial charge in [0, 0.05) is 14.1 Å². The van der Waals surface area contributed by atoms with Crippen LogP contribution in [-0.2, 0) is 0 Å². The average molecular weight is 341 g/mol. The van der Waals surface area contributed by atoms with Gasteiger partial charge in [-0.05, 0) is 12.5 Å². The summed E-state index contributed by atoms with van der Waals surface area (Å²) >= 11 is 1.55. The van der Waals surface area contributed by atoms with E-state index in [0.717, 1.165) is 16.4 Å². The molecule has 0 radical (unpaired) electrons. The Morgan fingerprint density at radius 1 is 1.12 bits per heavy atom. The molecule has 24 heavy (non-hydrogen) atoms. The highest BCUT2D eigenvalue weighted by Crippen LogP contribution is 2.32. The fourth-order valence-corrected chi connectivity index (χ4v) is 2.95. The molecule has 7 nitrogen and oxygen atoms in total. The summed E-state index contributed by atoms with van der Waals surface area (Å²) in [6, 6.07) is 10.1. The fraction of sp³-hybridized carbons (Fsp3) is 0.250. The normalized spacial score (nSPS) is 12.1. The van der Waals surface area contributed by atoms with Crippen molar-refractivity contribution >= 4 is 23.7 Å². The Hall–Kier alpha value is -2.61. The molecular formula is C16H19N7S.